The van der Waals surface area contributed by atoms with E-state index in [2.05, 4.69) is 20.9 Å². The second-order valence-corrected chi connectivity index (χ2v) is 8.62. The molecule has 0 saturated heterocycles. The lowest BCUT2D eigenvalue weighted by Gasteiger charge is -2.14. The van der Waals surface area contributed by atoms with Crippen LogP contribution >= 0.6 is 0 Å². The molecular formula is C20H27FN4O2S. The lowest BCUT2D eigenvalue weighted by atomic mass is 10.1. The van der Waals surface area contributed by atoms with Crippen LogP contribution in [0.15, 0.2) is 53.5 Å². The highest BCUT2D eigenvalue weighted by Crippen LogP contribution is 2.14. The summed E-state index contributed by atoms with van der Waals surface area (Å²) in [6.45, 7) is 1.81. The zero-order valence-corrected chi connectivity index (χ0v) is 17.0. The Morgan fingerprint density at radius 1 is 1.04 bits per heavy atom. The van der Waals surface area contributed by atoms with Crippen molar-refractivity contribution in [3.8, 4) is 0 Å². The first-order valence-electron chi connectivity index (χ1n) is 9.06. The molecule has 3 N–H and O–H groups in total. The number of aliphatic imine (C=N–C) groups is 1. The minimum Gasteiger partial charge on any atom is -0.385 e. The van der Waals surface area contributed by atoms with E-state index in [1.807, 2.05) is 30.3 Å². The van der Waals surface area contributed by atoms with Crippen LogP contribution in [-0.2, 0) is 22.1 Å². The quantitative estimate of drug-likeness (QED) is 0.339. The van der Waals surface area contributed by atoms with E-state index in [9.17, 15) is 12.8 Å². The molecule has 0 aliphatic heterocycles. The van der Waals surface area contributed by atoms with Crippen LogP contribution in [0.3, 0.4) is 0 Å². The molecule has 0 atom stereocenters. The maximum atomic E-state index is 13.6. The number of hydrogen-bond acceptors (Lipinski definition) is 4. The Balaban J connectivity index is 1.81. The third-order valence-corrected chi connectivity index (χ3v) is 4.84. The van der Waals surface area contributed by atoms with Gasteiger partial charge in [0, 0.05) is 38.6 Å². The summed E-state index contributed by atoms with van der Waals surface area (Å²) < 4.78 is 36.7. The number of rotatable bonds is 9. The van der Waals surface area contributed by atoms with Gasteiger partial charge >= 0.3 is 0 Å². The molecule has 0 aromatic heterocycles. The third kappa shape index (κ3) is 7.96. The molecule has 28 heavy (non-hydrogen) atoms. The molecule has 2 rings (SSSR count). The molecule has 0 amide bonds. The van der Waals surface area contributed by atoms with Gasteiger partial charge in [0.05, 0.1) is 5.75 Å². The summed E-state index contributed by atoms with van der Waals surface area (Å²) in [5, 5.41) is 9.63. The van der Waals surface area contributed by atoms with Crippen molar-refractivity contribution in [2.75, 3.05) is 31.7 Å². The molecule has 2 aromatic rings. The molecule has 0 saturated carbocycles. The van der Waals surface area contributed by atoms with Gasteiger partial charge in [0.2, 0.25) is 0 Å². The Labute approximate surface area is 166 Å². The lowest BCUT2D eigenvalue weighted by molar-refractivity contribution is 0.599. The van der Waals surface area contributed by atoms with E-state index in [0.717, 1.165) is 24.9 Å². The molecule has 0 radical (unpaired) electrons. The number of nitrogens with one attached hydrogen (secondary N) is 3. The van der Waals surface area contributed by atoms with Gasteiger partial charge in [-0.25, -0.2) is 12.8 Å². The van der Waals surface area contributed by atoms with E-state index in [1.54, 1.807) is 7.05 Å². The fourth-order valence-electron chi connectivity index (χ4n) is 2.67. The fourth-order valence-corrected chi connectivity index (χ4v) is 3.51. The van der Waals surface area contributed by atoms with Crippen LogP contribution in [0.25, 0.3) is 0 Å². The molecule has 0 bridgehead atoms. The molecule has 0 fully saturated rings. The number of anilines is 1. The van der Waals surface area contributed by atoms with Crippen molar-refractivity contribution in [2.24, 2.45) is 4.99 Å². The van der Waals surface area contributed by atoms with Crippen molar-refractivity contribution in [2.45, 2.75) is 18.7 Å². The van der Waals surface area contributed by atoms with E-state index >= 15 is 0 Å². The van der Waals surface area contributed by atoms with Gasteiger partial charge in [0.1, 0.15) is 5.82 Å². The number of para-hydroxylation sites is 1. The largest absolute Gasteiger partial charge is 0.385 e. The van der Waals surface area contributed by atoms with E-state index in [1.165, 1.54) is 18.2 Å². The number of hydrogen-bond donors (Lipinski definition) is 3. The smallest absolute Gasteiger partial charge is 0.191 e. The summed E-state index contributed by atoms with van der Waals surface area (Å²) in [5.74, 6) is 0.0554. The lowest BCUT2D eigenvalue weighted by Crippen LogP contribution is -2.38. The Bertz CT molecular complexity index is 886. The van der Waals surface area contributed by atoms with Crippen LogP contribution in [0, 0.1) is 5.82 Å². The zero-order chi connectivity index (χ0) is 20.4. The van der Waals surface area contributed by atoms with Gasteiger partial charge in [-0.1, -0.05) is 24.3 Å². The Morgan fingerprint density at radius 3 is 2.46 bits per heavy atom. The van der Waals surface area contributed by atoms with Crippen molar-refractivity contribution in [1.82, 2.24) is 10.6 Å². The number of halogens is 1. The van der Waals surface area contributed by atoms with Crippen LogP contribution in [0.5, 0.6) is 0 Å². The SMILES string of the molecule is CN=C(NCCCNc1ccccc1)NCc1cc(F)ccc1CS(C)(=O)=O. The molecular weight excluding hydrogens is 379 g/mol. The molecule has 0 spiro atoms. The first kappa shape index (κ1) is 21.7. The maximum Gasteiger partial charge on any atom is 0.191 e. The highest BCUT2D eigenvalue weighted by molar-refractivity contribution is 7.89. The summed E-state index contributed by atoms with van der Waals surface area (Å²) in [5.41, 5.74) is 2.26. The second-order valence-electron chi connectivity index (χ2n) is 6.48. The van der Waals surface area contributed by atoms with Crippen LogP contribution in [0.4, 0.5) is 10.1 Å². The standard InChI is InChI=1S/C20H27FN4O2S/c1-22-20(24-12-6-11-23-19-7-4-3-5-8-19)25-14-17-13-18(21)10-9-16(17)15-28(2,26)27/h3-5,7-10,13,23H,6,11-12,14-15H2,1-2H3,(H2,22,24,25). The highest BCUT2D eigenvalue weighted by atomic mass is 32.2. The van der Waals surface area contributed by atoms with Crippen LogP contribution in [0.1, 0.15) is 17.5 Å². The molecule has 152 valence electrons. The van der Waals surface area contributed by atoms with E-state index in [-0.39, 0.29) is 12.3 Å². The zero-order valence-electron chi connectivity index (χ0n) is 16.2. The van der Waals surface area contributed by atoms with E-state index in [4.69, 9.17) is 0 Å². The van der Waals surface area contributed by atoms with Crippen LogP contribution in [-0.4, -0.2) is 40.8 Å². The third-order valence-electron chi connectivity index (χ3n) is 4.00. The van der Waals surface area contributed by atoms with Crippen LogP contribution < -0.4 is 16.0 Å². The second kappa shape index (κ2) is 10.7. The van der Waals surface area contributed by atoms with Gasteiger partial charge in [-0.3, -0.25) is 4.99 Å². The minimum atomic E-state index is -3.20. The molecule has 0 unspecified atom stereocenters. The number of guanidine groups is 1. The van der Waals surface area contributed by atoms with Crippen molar-refractivity contribution in [3.63, 3.8) is 0 Å². The van der Waals surface area contributed by atoms with Crippen molar-refractivity contribution in [1.29, 1.82) is 0 Å². The normalized spacial score (nSPS) is 11.9. The Kier molecular flexibility index (Phi) is 8.25. The maximum absolute atomic E-state index is 13.6. The summed E-state index contributed by atoms with van der Waals surface area (Å²) in [6, 6.07) is 14.1. The summed E-state index contributed by atoms with van der Waals surface area (Å²) >= 11 is 0. The predicted octanol–water partition coefficient (Wildman–Crippen LogP) is 2.54. The summed E-state index contributed by atoms with van der Waals surface area (Å²) in [7, 11) is -1.55. The topological polar surface area (TPSA) is 82.6 Å². The molecule has 0 heterocycles. The van der Waals surface area contributed by atoms with Gasteiger partial charge < -0.3 is 16.0 Å². The average molecular weight is 407 g/mol. The Morgan fingerprint density at radius 2 is 1.79 bits per heavy atom. The van der Waals surface area contributed by atoms with E-state index < -0.39 is 15.7 Å². The fraction of sp³-hybridized carbons (Fsp3) is 0.350. The minimum absolute atomic E-state index is 0.124. The van der Waals surface area contributed by atoms with E-state index in [0.29, 0.717) is 23.6 Å². The van der Waals surface area contributed by atoms with Crippen molar-refractivity contribution < 1.29 is 12.8 Å². The van der Waals surface area contributed by atoms with Gasteiger partial charge in [-0.05, 0) is 41.8 Å². The first-order valence-corrected chi connectivity index (χ1v) is 11.1. The molecule has 2 aromatic carbocycles. The van der Waals surface area contributed by atoms with Gasteiger partial charge in [-0.15, -0.1) is 0 Å². The van der Waals surface area contributed by atoms with Gasteiger partial charge in [0.25, 0.3) is 0 Å². The number of sulfone groups is 1. The molecule has 8 heteroatoms. The Hall–Kier alpha value is -2.61. The van der Waals surface area contributed by atoms with Gasteiger partial charge in [0.15, 0.2) is 15.8 Å². The van der Waals surface area contributed by atoms with Crippen molar-refractivity contribution >= 4 is 21.5 Å². The molecule has 6 nitrogen and oxygen atoms in total. The summed E-state index contributed by atoms with van der Waals surface area (Å²) in [4.78, 5) is 4.15. The monoisotopic (exact) mass is 406 g/mol. The summed E-state index contributed by atoms with van der Waals surface area (Å²) in [6.07, 6.45) is 2.05. The first-order chi connectivity index (χ1) is 13.4. The molecule has 0 aliphatic carbocycles. The average Bonchev–Trinajstić information content (AvgIpc) is 2.65. The van der Waals surface area contributed by atoms with Crippen molar-refractivity contribution in [3.05, 3.63) is 65.5 Å². The van der Waals surface area contributed by atoms with Gasteiger partial charge in [-0.2, -0.15) is 0 Å². The number of benzene rings is 2. The van der Waals surface area contributed by atoms with Crippen LogP contribution in [0.2, 0.25) is 0 Å². The highest BCUT2D eigenvalue weighted by Gasteiger charge is 2.11. The predicted molar refractivity (Wildman–Crippen MR) is 113 cm³/mol. The molecule has 0 aliphatic rings. The number of nitrogens with zero attached hydrogens (tertiary/aromatic N) is 1.